The Balaban J connectivity index is 0.00000264. The smallest absolute Gasteiger partial charge is 0.411 e. The third-order valence-corrected chi connectivity index (χ3v) is 2.94. The first-order valence-corrected chi connectivity index (χ1v) is 6.45. The number of phenols is 1. The quantitative estimate of drug-likeness (QED) is 0.739. The largest absolute Gasteiger partial charge is 0.506 e. The summed E-state index contributed by atoms with van der Waals surface area (Å²) in [7, 11) is 1.22. The molecule has 8 nitrogen and oxygen atoms in total. The first kappa shape index (κ1) is 18.3. The highest BCUT2D eigenvalue weighted by atomic mass is 35.5. The number of phenolic OH excluding ortho intramolecular Hbond substituents is 1. The topological polar surface area (TPSA) is 105 Å². The van der Waals surface area contributed by atoms with Gasteiger partial charge in [-0.2, -0.15) is 0 Å². The third kappa shape index (κ3) is 4.89. The molecule has 0 spiro atoms. The van der Waals surface area contributed by atoms with Crippen molar-refractivity contribution in [3.8, 4) is 5.75 Å². The predicted molar refractivity (Wildman–Crippen MR) is 87.0 cm³/mol. The second-order valence-electron chi connectivity index (χ2n) is 4.50. The number of amides is 2. The van der Waals surface area contributed by atoms with Crippen molar-refractivity contribution < 1.29 is 19.4 Å². The Morgan fingerprint density at radius 2 is 2.09 bits per heavy atom. The lowest BCUT2D eigenvalue weighted by Crippen LogP contribution is -2.19. The molecule has 9 heteroatoms. The van der Waals surface area contributed by atoms with Crippen molar-refractivity contribution in [3.05, 3.63) is 36.4 Å². The number of hydrogen-bond donors (Lipinski definition) is 3. The number of halogens is 1. The number of imidazole rings is 1. The van der Waals surface area contributed by atoms with E-state index in [-0.39, 0.29) is 36.3 Å². The summed E-state index contributed by atoms with van der Waals surface area (Å²) in [6, 6.07) is 4.36. The van der Waals surface area contributed by atoms with Gasteiger partial charge >= 0.3 is 6.09 Å². The molecule has 0 unspecified atom stereocenters. The van der Waals surface area contributed by atoms with E-state index in [0.29, 0.717) is 5.69 Å². The van der Waals surface area contributed by atoms with Gasteiger partial charge in [-0.1, -0.05) is 0 Å². The summed E-state index contributed by atoms with van der Waals surface area (Å²) in [4.78, 5) is 27.0. The Bertz CT molecular complexity index is 702. The highest BCUT2D eigenvalue weighted by Crippen LogP contribution is 2.26. The molecule has 1 aromatic heterocycles. The number of nitrogens with zero attached hydrogens (tertiary/aromatic N) is 2. The van der Waals surface area contributed by atoms with Gasteiger partial charge in [0.15, 0.2) is 0 Å². The maximum atomic E-state index is 11.9. The van der Waals surface area contributed by atoms with Gasteiger partial charge in [0.2, 0.25) is 5.91 Å². The molecule has 0 saturated heterocycles. The van der Waals surface area contributed by atoms with Crippen molar-refractivity contribution in [3.63, 3.8) is 0 Å². The molecule has 0 atom stereocenters. The summed E-state index contributed by atoms with van der Waals surface area (Å²) in [5.74, 6) is 0.298. The molecule has 0 radical (unpaired) electrons. The Morgan fingerprint density at radius 3 is 2.65 bits per heavy atom. The molecule has 0 aliphatic rings. The van der Waals surface area contributed by atoms with Crippen LogP contribution in [0.1, 0.15) is 5.82 Å². The fourth-order valence-electron chi connectivity index (χ4n) is 1.80. The lowest BCUT2D eigenvalue weighted by atomic mass is 10.2. The Kier molecular flexibility index (Phi) is 6.40. The van der Waals surface area contributed by atoms with Crippen molar-refractivity contribution in [2.24, 2.45) is 0 Å². The van der Waals surface area contributed by atoms with E-state index in [1.54, 1.807) is 30.0 Å². The van der Waals surface area contributed by atoms with Crippen LogP contribution in [0.2, 0.25) is 0 Å². The molecule has 2 amide bonds. The lowest BCUT2D eigenvalue weighted by Gasteiger charge is -2.10. The first-order valence-electron chi connectivity index (χ1n) is 6.45. The van der Waals surface area contributed by atoms with Crippen LogP contribution >= 0.6 is 12.4 Å². The molecule has 23 heavy (non-hydrogen) atoms. The number of ether oxygens (including phenoxy) is 1. The molecule has 124 valence electrons. The van der Waals surface area contributed by atoms with Gasteiger partial charge in [0.25, 0.3) is 0 Å². The molecule has 3 N–H and O–H groups in total. The summed E-state index contributed by atoms with van der Waals surface area (Å²) in [5.41, 5.74) is 0.603. The number of aryl methyl sites for hydroxylation is 1. The highest BCUT2D eigenvalue weighted by molar-refractivity contribution is 5.92. The predicted octanol–water partition coefficient (Wildman–Crippen LogP) is 2.14. The Labute approximate surface area is 138 Å². The van der Waals surface area contributed by atoms with Gasteiger partial charge in [0, 0.05) is 24.1 Å². The average Bonchev–Trinajstić information content (AvgIpc) is 2.87. The minimum absolute atomic E-state index is 0. The number of nitrogens with one attached hydrogen (secondary N) is 2. The molecule has 0 saturated carbocycles. The SMILES string of the molecule is COC(=O)Nc1ccc(NC(=O)Cn2ccnc2C)cc1O.Cl. The minimum Gasteiger partial charge on any atom is -0.506 e. The summed E-state index contributed by atoms with van der Waals surface area (Å²) in [5, 5.41) is 14.8. The van der Waals surface area contributed by atoms with Crippen LogP contribution in [0.3, 0.4) is 0 Å². The zero-order valence-electron chi connectivity index (χ0n) is 12.6. The zero-order valence-corrected chi connectivity index (χ0v) is 13.4. The molecule has 0 aliphatic carbocycles. The number of aromatic hydroxyl groups is 1. The van der Waals surface area contributed by atoms with E-state index >= 15 is 0 Å². The van der Waals surface area contributed by atoms with Crippen LogP contribution in [0, 0.1) is 6.92 Å². The number of rotatable bonds is 4. The lowest BCUT2D eigenvalue weighted by molar-refractivity contribution is -0.116. The van der Waals surface area contributed by atoms with Crippen molar-refractivity contribution in [1.29, 1.82) is 0 Å². The number of hydrogen-bond acceptors (Lipinski definition) is 5. The number of aromatic nitrogens is 2. The van der Waals surface area contributed by atoms with E-state index in [1.807, 2.05) is 0 Å². The summed E-state index contributed by atoms with van der Waals surface area (Å²) in [6.45, 7) is 1.92. The fraction of sp³-hybridized carbons (Fsp3) is 0.214. The summed E-state index contributed by atoms with van der Waals surface area (Å²) >= 11 is 0. The van der Waals surface area contributed by atoms with Crippen LogP contribution in [0.4, 0.5) is 16.2 Å². The van der Waals surface area contributed by atoms with Crippen LogP contribution in [-0.4, -0.2) is 33.8 Å². The molecule has 0 fully saturated rings. The second kappa shape index (κ2) is 8.04. The van der Waals surface area contributed by atoms with Gasteiger partial charge < -0.3 is 19.7 Å². The number of anilines is 2. The normalized spacial score (nSPS) is 9.65. The molecule has 0 bridgehead atoms. The Hall–Kier alpha value is -2.74. The molecule has 2 rings (SSSR count). The van der Waals surface area contributed by atoms with Crippen molar-refractivity contribution in [2.75, 3.05) is 17.7 Å². The van der Waals surface area contributed by atoms with E-state index in [1.165, 1.54) is 19.2 Å². The molecule has 1 heterocycles. The number of methoxy groups -OCH3 is 1. The number of carbonyl (C=O) groups is 2. The maximum Gasteiger partial charge on any atom is 0.411 e. The van der Waals surface area contributed by atoms with Crippen LogP contribution in [0.15, 0.2) is 30.6 Å². The van der Waals surface area contributed by atoms with Crippen LogP contribution in [0.5, 0.6) is 5.75 Å². The summed E-state index contributed by atoms with van der Waals surface area (Å²) < 4.78 is 6.13. The maximum absolute atomic E-state index is 11.9. The highest BCUT2D eigenvalue weighted by Gasteiger charge is 2.09. The molecule has 2 aromatic rings. The minimum atomic E-state index is -0.692. The van der Waals surface area contributed by atoms with Crippen molar-refractivity contribution in [1.82, 2.24) is 9.55 Å². The standard InChI is InChI=1S/C14H16N4O4.ClH/c1-9-15-5-6-18(9)8-13(20)16-10-3-4-11(12(19)7-10)17-14(21)22-2;/h3-7,19H,8H2,1-2H3,(H,16,20)(H,17,21);1H. The zero-order chi connectivity index (χ0) is 16.1. The number of benzene rings is 1. The van der Waals surface area contributed by atoms with Crippen LogP contribution < -0.4 is 10.6 Å². The van der Waals surface area contributed by atoms with E-state index < -0.39 is 6.09 Å². The van der Waals surface area contributed by atoms with Gasteiger partial charge in [-0.05, 0) is 19.1 Å². The van der Waals surface area contributed by atoms with Gasteiger partial charge in [-0.3, -0.25) is 10.1 Å². The van der Waals surface area contributed by atoms with E-state index in [4.69, 9.17) is 0 Å². The van der Waals surface area contributed by atoms with Crippen LogP contribution in [0.25, 0.3) is 0 Å². The number of carbonyl (C=O) groups excluding carboxylic acids is 2. The average molecular weight is 341 g/mol. The summed E-state index contributed by atoms with van der Waals surface area (Å²) in [6.07, 6.45) is 2.62. The monoisotopic (exact) mass is 340 g/mol. The van der Waals surface area contributed by atoms with E-state index in [2.05, 4.69) is 20.4 Å². The second-order valence-corrected chi connectivity index (χ2v) is 4.50. The molecular weight excluding hydrogens is 324 g/mol. The van der Waals surface area contributed by atoms with Gasteiger partial charge in [-0.15, -0.1) is 12.4 Å². The van der Waals surface area contributed by atoms with E-state index in [9.17, 15) is 14.7 Å². The molecular formula is C14H17ClN4O4. The molecule has 1 aromatic carbocycles. The third-order valence-electron chi connectivity index (χ3n) is 2.94. The first-order chi connectivity index (χ1) is 10.5. The van der Waals surface area contributed by atoms with E-state index in [0.717, 1.165) is 5.82 Å². The van der Waals surface area contributed by atoms with Crippen LogP contribution in [-0.2, 0) is 16.1 Å². The van der Waals surface area contributed by atoms with Gasteiger partial charge in [0.05, 0.1) is 12.8 Å². The van der Waals surface area contributed by atoms with Gasteiger partial charge in [0.1, 0.15) is 18.1 Å². The molecule has 0 aliphatic heterocycles. The van der Waals surface area contributed by atoms with Crippen molar-refractivity contribution in [2.45, 2.75) is 13.5 Å². The van der Waals surface area contributed by atoms with Gasteiger partial charge in [-0.25, -0.2) is 9.78 Å². The Morgan fingerprint density at radius 1 is 1.35 bits per heavy atom. The van der Waals surface area contributed by atoms with Crippen molar-refractivity contribution >= 4 is 35.8 Å². The fourth-order valence-corrected chi connectivity index (χ4v) is 1.80.